The Morgan fingerprint density at radius 2 is 1.64 bits per heavy atom. The van der Waals surface area contributed by atoms with Gasteiger partial charge in [0.25, 0.3) is 5.91 Å². The minimum atomic E-state index is -0.851. The van der Waals surface area contributed by atoms with E-state index < -0.39 is 17.7 Å². The lowest BCUT2D eigenvalue weighted by molar-refractivity contribution is -0.130. The topological polar surface area (TPSA) is 196 Å². The summed E-state index contributed by atoms with van der Waals surface area (Å²) in [6.45, 7) is 9.37. The molecule has 56 heavy (non-hydrogen) atoms. The van der Waals surface area contributed by atoms with Crippen LogP contribution in [-0.4, -0.2) is 99.7 Å². The van der Waals surface area contributed by atoms with Crippen molar-refractivity contribution in [3.05, 3.63) is 77.6 Å². The summed E-state index contributed by atoms with van der Waals surface area (Å²) in [5.74, 6) is -0.295. The van der Waals surface area contributed by atoms with Crippen LogP contribution in [0.2, 0.25) is 0 Å². The van der Waals surface area contributed by atoms with E-state index in [0.29, 0.717) is 43.1 Å². The quantitative estimate of drug-likeness (QED) is 0.104. The first kappa shape index (κ1) is 41.5. The summed E-state index contributed by atoms with van der Waals surface area (Å²) in [6, 6.07) is 15.8. The Labute approximate surface area is 328 Å². The smallest absolute Gasteiger partial charge is 0.407 e. The summed E-state index contributed by atoms with van der Waals surface area (Å²) in [4.78, 5) is 58.8. The molecular formula is C41H54N10O5. The van der Waals surface area contributed by atoms with Crippen LogP contribution in [0.3, 0.4) is 0 Å². The van der Waals surface area contributed by atoms with Crippen molar-refractivity contribution in [3.8, 4) is 22.5 Å². The lowest BCUT2D eigenvalue weighted by atomic mass is 9.81. The highest BCUT2D eigenvalue weighted by atomic mass is 16.6. The molecule has 0 radical (unpaired) electrons. The summed E-state index contributed by atoms with van der Waals surface area (Å²) in [7, 11) is 4.00. The van der Waals surface area contributed by atoms with Gasteiger partial charge in [-0.05, 0) is 139 Å². The Bertz CT molecular complexity index is 1920. The number of aromatic amines is 1. The van der Waals surface area contributed by atoms with Crippen molar-refractivity contribution in [1.82, 2.24) is 46.5 Å². The van der Waals surface area contributed by atoms with E-state index in [9.17, 15) is 19.2 Å². The largest absolute Gasteiger partial charge is 0.444 e. The molecular weight excluding hydrogens is 713 g/mol. The first-order valence-corrected chi connectivity index (χ1v) is 19.1. The number of carbonyl (C=O) groups is 4. The molecule has 1 unspecified atom stereocenters. The average Bonchev–Trinajstić information content (AvgIpc) is 3.71. The molecule has 298 valence electrons. The number of rotatable bonds is 15. The summed E-state index contributed by atoms with van der Waals surface area (Å²) in [6.07, 6.45) is 5.22. The average molecular weight is 767 g/mol. The molecule has 1 aliphatic rings. The van der Waals surface area contributed by atoms with Gasteiger partial charge in [-0.25, -0.2) is 4.79 Å². The fourth-order valence-electron chi connectivity index (χ4n) is 6.61. The highest BCUT2D eigenvalue weighted by molar-refractivity contribution is 5.98. The molecule has 5 rings (SSSR count). The van der Waals surface area contributed by atoms with E-state index in [1.54, 1.807) is 36.5 Å². The fourth-order valence-corrected chi connectivity index (χ4v) is 6.61. The maximum absolute atomic E-state index is 13.8. The number of nitrogens with zero attached hydrogens (tertiary/aromatic N) is 5. The number of H-pyrrole nitrogens is 1. The van der Waals surface area contributed by atoms with Crippen molar-refractivity contribution < 1.29 is 23.9 Å². The molecule has 0 aliphatic heterocycles. The van der Waals surface area contributed by atoms with Crippen LogP contribution in [0.4, 0.5) is 10.5 Å². The van der Waals surface area contributed by atoms with Crippen LogP contribution in [0.1, 0.15) is 74.5 Å². The van der Waals surface area contributed by atoms with E-state index >= 15 is 0 Å². The second-order valence-corrected chi connectivity index (χ2v) is 15.7. The molecule has 1 saturated carbocycles. The van der Waals surface area contributed by atoms with Gasteiger partial charge in [0, 0.05) is 48.4 Å². The maximum Gasteiger partial charge on any atom is 0.407 e. The first-order valence-electron chi connectivity index (χ1n) is 19.1. The van der Waals surface area contributed by atoms with E-state index in [1.807, 2.05) is 66.1 Å². The number of hydrogen-bond acceptors (Lipinski definition) is 10. The van der Waals surface area contributed by atoms with E-state index in [2.05, 4.69) is 51.8 Å². The summed E-state index contributed by atoms with van der Waals surface area (Å²) in [5, 5.41) is 25.8. The third-order valence-electron chi connectivity index (χ3n) is 9.66. The third kappa shape index (κ3) is 12.4. The number of benzene rings is 2. The molecule has 15 nitrogen and oxygen atoms in total. The lowest BCUT2D eigenvalue weighted by Crippen LogP contribution is -2.48. The molecule has 5 N–H and O–H groups in total. The number of pyridine rings is 1. The number of aryl methyl sites for hydroxylation is 1. The molecule has 0 saturated heterocycles. The normalized spacial score (nSPS) is 16.1. The highest BCUT2D eigenvalue weighted by Gasteiger charge is 2.30. The summed E-state index contributed by atoms with van der Waals surface area (Å²) >= 11 is 0. The van der Waals surface area contributed by atoms with E-state index in [1.165, 1.54) is 0 Å². The van der Waals surface area contributed by atoms with E-state index in [-0.39, 0.29) is 36.0 Å². The minimum Gasteiger partial charge on any atom is -0.444 e. The zero-order chi connectivity index (χ0) is 40.2. The molecule has 0 bridgehead atoms. The van der Waals surface area contributed by atoms with Crippen LogP contribution in [0.15, 0.2) is 60.8 Å². The van der Waals surface area contributed by atoms with Gasteiger partial charge in [-0.2, -0.15) is 5.21 Å². The van der Waals surface area contributed by atoms with E-state index in [0.717, 1.165) is 53.6 Å². The third-order valence-corrected chi connectivity index (χ3v) is 9.66. The number of anilines is 1. The van der Waals surface area contributed by atoms with Crippen LogP contribution >= 0.6 is 0 Å². The summed E-state index contributed by atoms with van der Waals surface area (Å²) < 4.78 is 5.35. The number of ether oxygens (including phenoxy) is 1. The number of carbonyl (C=O) groups excluding carboxylic acids is 4. The molecule has 1 aliphatic carbocycles. The van der Waals surface area contributed by atoms with Gasteiger partial charge in [0.15, 0.2) is 0 Å². The van der Waals surface area contributed by atoms with Crippen molar-refractivity contribution in [2.75, 3.05) is 39.0 Å². The van der Waals surface area contributed by atoms with Gasteiger partial charge in [0.1, 0.15) is 17.3 Å². The Kier molecular flexibility index (Phi) is 14.3. The van der Waals surface area contributed by atoms with Crippen molar-refractivity contribution in [1.29, 1.82) is 0 Å². The monoisotopic (exact) mass is 766 g/mol. The number of amides is 4. The fraction of sp³-hybridized carbons (Fsp3) is 0.463. The van der Waals surface area contributed by atoms with Crippen molar-refractivity contribution in [2.24, 2.45) is 11.8 Å². The molecule has 2 heterocycles. The second-order valence-electron chi connectivity index (χ2n) is 15.7. The van der Waals surface area contributed by atoms with Crippen LogP contribution in [0.5, 0.6) is 0 Å². The molecule has 1 fully saturated rings. The maximum atomic E-state index is 13.8. The van der Waals surface area contributed by atoms with Gasteiger partial charge < -0.3 is 30.9 Å². The molecule has 2 aromatic heterocycles. The van der Waals surface area contributed by atoms with Crippen LogP contribution in [0, 0.1) is 18.8 Å². The van der Waals surface area contributed by atoms with Crippen LogP contribution < -0.4 is 21.3 Å². The van der Waals surface area contributed by atoms with Gasteiger partial charge in [0.05, 0.1) is 0 Å². The van der Waals surface area contributed by atoms with Crippen molar-refractivity contribution in [2.45, 2.75) is 77.9 Å². The Balaban J connectivity index is 1.23. The van der Waals surface area contributed by atoms with Gasteiger partial charge in [0.2, 0.25) is 17.6 Å². The molecule has 15 heteroatoms. The zero-order valence-corrected chi connectivity index (χ0v) is 33.1. The molecule has 4 aromatic rings. The van der Waals surface area contributed by atoms with Gasteiger partial charge in [-0.1, -0.05) is 24.3 Å². The number of alkyl carbamates (subject to hydrolysis) is 1. The van der Waals surface area contributed by atoms with Gasteiger partial charge in [-0.15, -0.1) is 10.2 Å². The van der Waals surface area contributed by atoms with Crippen LogP contribution in [0.25, 0.3) is 22.5 Å². The predicted octanol–water partition coefficient (Wildman–Crippen LogP) is 4.92. The number of tetrazole rings is 1. The number of aromatic nitrogens is 5. The number of nitrogens with one attached hydrogen (secondary N) is 5. The molecule has 1 atom stereocenters. The Morgan fingerprint density at radius 1 is 0.946 bits per heavy atom. The molecule has 0 spiro atoms. The zero-order valence-electron chi connectivity index (χ0n) is 33.1. The van der Waals surface area contributed by atoms with Crippen molar-refractivity contribution >= 4 is 29.5 Å². The van der Waals surface area contributed by atoms with Crippen molar-refractivity contribution in [3.63, 3.8) is 0 Å². The Morgan fingerprint density at radius 3 is 2.27 bits per heavy atom. The first-order chi connectivity index (χ1) is 26.7. The van der Waals surface area contributed by atoms with Gasteiger partial charge >= 0.3 is 6.09 Å². The minimum absolute atomic E-state index is 0.170. The van der Waals surface area contributed by atoms with Crippen LogP contribution in [-0.2, 0) is 20.7 Å². The summed E-state index contributed by atoms with van der Waals surface area (Å²) in [5.41, 5.74) is 4.67. The second kappa shape index (κ2) is 19.2. The Hall–Kier alpha value is -5.70. The molecule has 2 aromatic carbocycles. The standard InChI is InChI=1S/C41H54N10O5/c1-26-22-34(38(53)42-20-7-21-51(5)6)43-25-33(26)29-12-8-27(9-13-29)23-35(39(54)45-32-18-16-30(17-19-32)36-47-49-50-48-36)46-37(52)31-14-10-28(11-15-31)24-44-40(55)56-41(2,3)4/h8-9,12-13,16-19,22,25,28,31,35H,7,10-11,14-15,20-21,23-24H2,1-6H3,(H,42,53)(H,44,55)(H,45,54)(H,46,52)(H,47,48,49,50). The lowest BCUT2D eigenvalue weighted by Gasteiger charge is -2.29. The SMILES string of the molecule is Cc1cc(C(=O)NCCCN(C)C)ncc1-c1ccc(CC(NC(=O)C2CCC(CNC(=O)OC(C)(C)C)CC2)C(=O)Nc2ccc(-c3nn[nH]n3)cc2)cc1. The molecule has 4 amide bonds. The number of hydrogen-bond donors (Lipinski definition) is 5. The van der Waals surface area contributed by atoms with E-state index in [4.69, 9.17) is 4.74 Å². The predicted molar refractivity (Wildman–Crippen MR) is 213 cm³/mol. The highest BCUT2D eigenvalue weighted by Crippen LogP contribution is 2.29. The van der Waals surface area contributed by atoms with Gasteiger partial charge in [-0.3, -0.25) is 19.4 Å².